The molecule has 0 aromatic rings. The summed E-state index contributed by atoms with van der Waals surface area (Å²) in [6.07, 6.45) is -1.62. The van der Waals surface area contributed by atoms with Crippen molar-refractivity contribution in [3.05, 3.63) is 12.2 Å². The fourth-order valence-electron chi connectivity index (χ4n) is 2.82. The molecule has 2 aliphatic rings. The van der Waals surface area contributed by atoms with E-state index in [1.165, 1.54) is 6.92 Å². The number of rotatable bonds is 3. The third-order valence-corrected chi connectivity index (χ3v) is 3.79. The highest BCUT2D eigenvalue weighted by atomic mass is 19.3. The van der Waals surface area contributed by atoms with Gasteiger partial charge >= 0.3 is 5.97 Å². The van der Waals surface area contributed by atoms with Gasteiger partial charge in [0.1, 0.15) is 11.7 Å². The smallest absolute Gasteiger partial charge is 0.333 e. The van der Waals surface area contributed by atoms with Gasteiger partial charge in [0.25, 0.3) is 6.43 Å². The van der Waals surface area contributed by atoms with Gasteiger partial charge in [-0.1, -0.05) is 13.0 Å². The lowest BCUT2D eigenvalue weighted by Gasteiger charge is -2.36. The largest absolute Gasteiger partial charge is 0.453 e. The van der Waals surface area contributed by atoms with E-state index in [1.807, 2.05) is 0 Å². The number of fused-ring (bicyclic) bond motifs is 1. The van der Waals surface area contributed by atoms with Crippen LogP contribution in [0.3, 0.4) is 0 Å². The van der Waals surface area contributed by atoms with Crippen LogP contribution in [0, 0.1) is 0 Å². The summed E-state index contributed by atoms with van der Waals surface area (Å²) in [5, 5.41) is 9.83. The first-order valence-corrected chi connectivity index (χ1v) is 6.36. The number of carbonyl (C=O) groups is 1. The van der Waals surface area contributed by atoms with Crippen molar-refractivity contribution in [1.29, 1.82) is 0 Å². The first-order valence-electron chi connectivity index (χ1n) is 6.36. The van der Waals surface area contributed by atoms with Crippen LogP contribution in [0.15, 0.2) is 12.2 Å². The van der Waals surface area contributed by atoms with Gasteiger partial charge in [0.15, 0.2) is 0 Å². The van der Waals surface area contributed by atoms with E-state index in [0.717, 1.165) is 12.8 Å². The fraction of sp³-hybridized carbons (Fsp3) is 0.769. The molecular weight excluding hydrogens is 258 g/mol. The van der Waals surface area contributed by atoms with Crippen molar-refractivity contribution in [3.63, 3.8) is 0 Å². The predicted octanol–water partition coefficient (Wildman–Crippen LogP) is 2.16. The Balaban J connectivity index is 2.24. The number of carbonyl (C=O) groups excluding carboxylic acids is 1. The summed E-state index contributed by atoms with van der Waals surface area (Å²) >= 11 is 0. The van der Waals surface area contributed by atoms with Gasteiger partial charge in [-0.3, -0.25) is 0 Å². The van der Waals surface area contributed by atoms with Crippen molar-refractivity contribution >= 4 is 5.97 Å². The summed E-state index contributed by atoms with van der Waals surface area (Å²) in [6, 6.07) is 0. The van der Waals surface area contributed by atoms with E-state index >= 15 is 0 Å². The second kappa shape index (κ2) is 4.83. The van der Waals surface area contributed by atoms with E-state index in [9.17, 15) is 18.7 Å². The Bertz CT molecular complexity index is 398. The monoisotopic (exact) mass is 276 g/mol. The maximum atomic E-state index is 12.9. The van der Waals surface area contributed by atoms with Crippen LogP contribution in [-0.4, -0.2) is 35.0 Å². The molecule has 6 heteroatoms. The summed E-state index contributed by atoms with van der Waals surface area (Å²) in [7, 11) is 0. The van der Waals surface area contributed by atoms with Crippen molar-refractivity contribution in [2.75, 3.05) is 0 Å². The Morgan fingerprint density at radius 3 is 2.79 bits per heavy atom. The summed E-state index contributed by atoms with van der Waals surface area (Å²) in [5.74, 6) is -3.15. The van der Waals surface area contributed by atoms with Gasteiger partial charge < -0.3 is 14.6 Å². The summed E-state index contributed by atoms with van der Waals surface area (Å²) in [5.41, 5.74) is -0.953. The topological polar surface area (TPSA) is 55.8 Å². The zero-order valence-corrected chi connectivity index (χ0v) is 10.8. The molecule has 2 fully saturated rings. The Kier molecular flexibility index (Phi) is 3.66. The minimum atomic E-state index is -3.03. The zero-order valence-electron chi connectivity index (χ0n) is 10.8. The highest BCUT2D eigenvalue weighted by molar-refractivity contribution is 5.87. The second-order valence-corrected chi connectivity index (χ2v) is 5.41. The maximum absolute atomic E-state index is 12.9. The van der Waals surface area contributed by atoms with Crippen molar-refractivity contribution in [3.8, 4) is 0 Å². The van der Waals surface area contributed by atoms with Gasteiger partial charge in [-0.05, 0) is 26.2 Å². The molecule has 19 heavy (non-hydrogen) atoms. The number of hydrogen-bond acceptors (Lipinski definition) is 4. The molecule has 108 valence electrons. The van der Waals surface area contributed by atoms with E-state index in [4.69, 9.17) is 9.47 Å². The minimum Gasteiger partial charge on any atom is -0.453 e. The molecule has 3 unspecified atom stereocenters. The molecule has 0 aromatic carbocycles. The number of ether oxygens (including phenoxy) is 2. The van der Waals surface area contributed by atoms with Crippen LogP contribution in [0.4, 0.5) is 8.78 Å². The highest BCUT2D eigenvalue weighted by Crippen LogP contribution is 2.49. The fourth-order valence-corrected chi connectivity index (χ4v) is 2.82. The molecular formula is C13H18F2O4. The molecule has 1 saturated carbocycles. The number of halogens is 2. The summed E-state index contributed by atoms with van der Waals surface area (Å²) < 4.78 is 36.2. The van der Waals surface area contributed by atoms with E-state index in [0.29, 0.717) is 12.8 Å². The molecule has 0 amide bonds. The molecule has 0 bridgehead atoms. The predicted molar refractivity (Wildman–Crippen MR) is 62.5 cm³/mol. The Hall–Kier alpha value is -1.01. The van der Waals surface area contributed by atoms with Crippen molar-refractivity contribution in [1.82, 2.24) is 0 Å². The lowest BCUT2D eigenvalue weighted by atomic mass is 9.80. The average Bonchev–Trinajstić information content (AvgIpc) is 2.62. The molecule has 0 aromatic heterocycles. The molecule has 2 rings (SSSR count). The molecule has 1 saturated heterocycles. The molecule has 3 atom stereocenters. The SMILES string of the molecule is C=C(C)C(=O)OC12CCCCC1OC(O)(C(F)F)C2. The maximum Gasteiger partial charge on any atom is 0.333 e. The van der Waals surface area contributed by atoms with Gasteiger partial charge in [0.2, 0.25) is 5.79 Å². The van der Waals surface area contributed by atoms with Crippen LogP contribution >= 0.6 is 0 Å². The second-order valence-electron chi connectivity index (χ2n) is 5.41. The number of aliphatic hydroxyl groups is 1. The van der Waals surface area contributed by atoms with Crippen LogP contribution in [-0.2, 0) is 14.3 Å². The lowest BCUT2D eigenvalue weighted by molar-refractivity contribution is -0.259. The minimum absolute atomic E-state index is 0.200. The lowest BCUT2D eigenvalue weighted by Crippen LogP contribution is -2.45. The third kappa shape index (κ3) is 2.51. The van der Waals surface area contributed by atoms with E-state index in [2.05, 4.69) is 6.58 Å². The number of esters is 1. The van der Waals surface area contributed by atoms with Crippen LogP contribution in [0.5, 0.6) is 0 Å². The average molecular weight is 276 g/mol. The van der Waals surface area contributed by atoms with Gasteiger partial charge in [-0.2, -0.15) is 0 Å². The van der Waals surface area contributed by atoms with Crippen molar-refractivity contribution < 1.29 is 28.2 Å². The first kappa shape index (κ1) is 14.4. The van der Waals surface area contributed by atoms with Crippen LogP contribution < -0.4 is 0 Å². The van der Waals surface area contributed by atoms with Crippen LogP contribution in [0.2, 0.25) is 0 Å². The van der Waals surface area contributed by atoms with Crippen molar-refractivity contribution in [2.45, 2.75) is 62.9 Å². The first-order chi connectivity index (χ1) is 8.79. The van der Waals surface area contributed by atoms with Crippen LogP contribution in [0.1, 0.15) is 39.0 Å². The van der Waals surface area contributed by atoms with Gasteiger partial charge in [-0.25, -0.2) is 13.6 Å². The van der Waals surface area contributed by atoms with Crippen LogP contribution in [0.25, 0.3) is 0 Å². The number of alkyl halides is 2. The van der Waals surface area contributed by atoms with Gasteiger partial charge in [-0.15, -0.1) is 0 Å². The highest BCUT2D eigenvalue weighted by Gasteiger charge is 2.62. The molecule has 1 aliphatic heterocycles. The van der Waals surface area contributed by atoms with Crippen molar-refractivity contribution in [2.24, 2.45) is 0 Å². The summed E-state index contributed by atoms with van der Waals surface area (Å²) in [4.78, 5) is 11.7. The summed E-state index contributed by atoms with van der Waals surface area (Å²) in [6.45, 7) is 4.97. The van der Waals surface area contributed by atoms with Gasteiger partial charge in [0, 0.05) is 12.0 Å². The normalized spacial score (nSPS) is 38.1. The molecule has 0 spiro atoms. The Labute approximate surface area is 110 Å². The third-order valence-electron chi connectivity index (χ3n) is 3.79. The molecule has 1 heterocycles. The van der Waals surface area contributed by atoms with E-state index in [1.54, 1.807) is 0 Å². The molecule has 4 nitrogen and oxygen atoms in total. The van der Waals surface area contributed by atoms with Gasteiger partial charge in [0.05, 0.1) is 0 Å². The Morgan fingerprint density at radius 1 is 1.53 bits per heavy atom. The molecule has 0 radical (unpaired) electrons. The Morgan fingerprint density at radius 2 is 2.21 bits per heavy atom. The quantitative estimate of drug-likeness (QED) is 0.634. The van der Waals surface area contributed by atoms with E-state index < -0.39 is 29.9 Å². The number of hydrogen-bond donors (Lipinski definition) is 1. The molecule has 1 N–H and O–H groups in total. The van der Waals surface area contributed by atoms with E-state index in [-0.39, 0.29) is 12.0 Å². The standard InChI is InChI=1S/C13H18F2O4/c1-8(2)10(16)19-12-6-4-3-5-9(12)18-13(17,7-12)11(14)15/h9,11,17H,1,3-7H2,2H3. The molecule has 1 aliphatic carbocycles. The zero-order chi connectivity index (χ0) is 14.3.